The highest BCUT2D eigenvalue weighted by molar-refractivity contribution is 5.91. The average molecular weight is 253 g/mol. The van der Waals surface area contributed by atoms with Gasteiger partial charge in [-0.2, -0.15) is 0 Å². The Morgan fingerprint density at radius 2 is 1.89 bits per heavy atom. The molecule has 0 saturated heterocycles. The van der Waals surface area contributed by atoms with Gasteiger partial charge in [0, 0.05) is 7.05 Å². The summed E-state index contributed by atoms with van der Waals surface area (Å²) in [6.45, 7) is 7.32. The summed E-state index contributed by atoms with van der Waals surface area (Å²) in [5.74, 6) is -0.467. The molecule has 0 bridgehead atoms. The lowest BCUT2D eigenvalue weighted by molar-refractivity contribution is -0.128. The van der Waals surface area contributed by atoms with E-state index in [0.717, 1.165) is 12.0 Å². The molecule has 0 rings (SSSR count). The van der Waals surface area contributed by atoms with E-state index in [1.165, 1.54) is 7.05 Å². The van der Waals surface area contributed by atoms with Crippen molar-refractivity contribution in [2.45, 2.75) is 32.4 Å². The van der Waals surface area contributed by atoms with Gasteiger partial charge < -0.3 is 16.0 Å². The molecule has 0 saturated carbocycles. The molecule has 2 amide bonds. The zero-order chi connectivity index (χ0) is 14.1. The molecule has 3 N–H and O–H groups in total. The number of amides is 2. The van der Waals surface area contributed by atoms with Crippen LogP contribution in [0.3, 0.4) is 0 Å². The SMILES string of the molecule is C=C/C(=C\CC)[C@H](NC)C(=O)N[C@@H](C)C(=O)NC. The standard InChI is InChI=1S/C13H23N3O2/c1-6-8-10(7-2)11(14-4)13(18)16-9(3)12(17)15-5/h7-9,11,14H,2,6H2,1,3-5H3,(H,15,17)(H,16,18)/b10-8+/t9-,11-/m0/s1. The minimum Gasteiger partial charge on any atom is -0.357 e. The van der Waals surface area contributed by atoms with Crippen LogP contribution < -0.4 is 16.0 Å². The van der Waals surface area contributed by atoms with Gasteiger partial charge in [0.25, 0.3) is 0 Å². The molecule has 0 spiro atoms. The highest BCUT2D eigenvalue weighted by Gasteiger charge is 2.22. The summed E-state index contributed by atoms with van der Waals surface area (Å²) in [5.41, 5.74) is 0.807. The van der Waals surface area contributed by atoms with E-state index in [1.807, 2.05) is 13.0 Å². The molecule has 0 aromatic rings. The fraction of sp³-hybridized carbons (Fsp3) is 0.538. The van der Waals surface area contributed by atoms with E-state index >= 15 is 0 Å². The van der Waals surface area contributed by atoms with Crippen molar-refractivity contribution < 1.29 is 9.59 Å². The Balaban J connectivity index is 4.76. The van der Waals surface area contributed by atoms with Crippen molar-refractivity contribution in [2.75, 3.05) is 14.1 Å². The molecule has 0 aliphatic heterocycles. The molecule has 18 heavy (non-hydrogen) atoms. The first-order valence-corrected chi connectivity index (χ1v) is 6.03. The lowest BCUT2D eigenvalue weighted by Gasteiger charge is -2.20. The van der Waals surface area contributed by atoms with Crippen LogP contribution in [0.1, 0.15) is 20.3 Å². The van der Waals surface area contributed by atoms with Crippen LogP contribution in [0.4, 0.5) is 0 Å². The highest BCUT2D eigenvalue weighted by atomic mass is 16.2. The molecule has 2 atom stereocenters. The van der Waals surface area contributed by atoms with Crippen molar-refractivity contribution in [1.82, 2.24) is 16.0 Å². The van der Waals surface area contributed by atoms with Crippen molar-refractivity contribution in [1.29, 1.82) is 0 Å². The smallest absolute Gasteiger partial charge is 0.242 e. The van der Waals surface area contributed by atoms with Gasteiger partial charge in [-0.3, -0.25) is 9.59 Å². The van der Waals surface area contributed by atoms with Crippen molar-refractivity contribution in [3.8, 4) is 0 Å². The summed E-state index contributed by atoms with van der Waals surface area (Å²) in [4.78, 5) is 23.4. The zero-order valence-corrected chi connectivity index (χ0v) is 11.5. The van der Waals surface area contributed by atoms with Crippen LogP contribution in [0.5, 0.6) is 0 Å². The Kier molecular flexibility index (Phi) is 7.71. The second-order valence-electron chi connectivity index (χ2n) is 3.88. The summed E-state index contributed by atoms with van der Waals surface area (Å²) in [7, 11) is 3.23. The van der Waals surface area contributed by atoms with Crippen LogP contribution >= 0.6 is 0 Å². The molecule has 0 aromatic heterocycles. The van der Waals surface area contributed by atoms with Crippen LogP contribution in [0.15, 0.2) is 24.3 Å². The number of hydrogen-bond acceptors (Lipinski definition) is 3. The molecule has 0 aliphatic carbocycles. The maximum absolute atomic E-state index is 12.0. The van der Waals surface area contributed by atoms with E-state index in [4.69, 9.17) is 0 Å². The molecule has 0 aromatic carbocycles. The minimum absolute atomic E-state index is 0.224. The van der Waals surface area contributed by atoms with Gasteiger partial charge in [-0.1, -0.05) is 25.7 Å². The van der Waals surface area contributed by atoms with Gasteiger partial charge >= 0.3 is 0 Å². The van der Waals surface area contributed by atoms with Gasteiger partial charge in [-0.25, -0.2) is 0 Å². The van der Waals surface area contributed by atoms with E-state index in [1.54, 1.807) is 20.0 Å². The van der Waals surface area contributed by atoms with Crippen LogP contribution in [0.25, 0.3) is 0 Å². The van der Waals surface area contributed by atoms with E-state index in [9.17, 15) is 9.59 Å². The number of likely N-dealkylation sites (N-methyl/N-ethyl adjacent to an activating group) is 2. The average Bonchev–Trinajstić information content (AvgIpc) is 2.37. The van der Waals surface area contributed by atoms with E-state index in [0.29, 0.717) is 0 Å². The fourth-order valence-electron chi connectivity index (χ4n) is 1.58. The molecule has 0 radical (unpaired) electrons. The van der Waals surface area contributed by atoms with Crippen molar-refractivity contribution in [3.63, 3.8) is 0 Å². The first kappa shape index (κ1) is 16.4. The van der Waals surface area contributed by atoms with Crippen LogP contribution in [0, 0.1) is 0 Å². The number of nitrogens with one attached hydrogen (secondary N) is 3. The first-order valence-electron chi connectivity index (χ1n) is 6.03. The molecule has 0 unspecified atom stereocenters. The van der Waals surface area contributed by atoms with Gasteiger partial charge in [-0.05, 0) is 26.0 Å². The molecule has 102 valence electrons. The Morgan fingerprint density at radius 1 is 1.28 bits per heavy atom. The summed E-state index contributed by atoms with van der Waals surface area (Å²) in [6, 6.07) is -1.06. The third-order valence-corrected chi connectivity index (χ3v) is 2.56. The van der Waals surface area contributed by atoms with Gasteiger partial charge in [-0.15, -0.1) is 0 Å². The van der Waals surface area contributed by atoms with Gasteiger partial charge in [0.05, 0.1) is 0 Å². The van der Waals surface area contributed by atoms with E-state index in [-0.39, 0.29) is 11.8 Å². The lowest BCUT2D eigenvalue weighted by atomic mass is 10.0. The van der Waals surface area contributed by atoms with Crippen LogP contribution in [-0.2, 0) is 9.59 Å². The number of hydrogen-bond donors (Lipinski definition) is 3. The summed E-state index contributed by atoms with van der Waals surface area (Å²) < 4.78 is 0. The topological polar surface area (TPSA) is 70.2 Å². The number of carbonyl (C=O) groups is 2. The molecule has 5 nitrogen and oxygen atoms in total. The predicted octanol–water partition coefficient (Wildman–Crippen LogP) is 0.348. The first-order chi connectivity index (χ1) is 8.51. The number of allylic oxidation sites excluding steroid dienone is 1. The van der Waals surface area contributed by atoms with Crippen molar-refractivity contribution >= 4 is 11.8 Å². The molecular weight excluding hydrogens is 230 g/mol. The highest BCUT2D eigenvalue weighted by Crippen LogP contribution is 2.05. The number of rotatable bonds is 7. The monoisotopic (exact) mass is 253 g/mol. The summed E-state index contributed by atoms with van der Waals surface area (Å²) in [6.07, 6.45) is 4.39. The van der Waals surface area contributed by atoms with E-state index in [2.05, 4.69) is 22.5 Å². The van der Waals surface area contributed by atoms with Gasteiger partial charge in [0.15, 0.2) is 0 Å². The van der Waals surface area contributed by atoms with Gasteiger partial charge in [0.1, 0.15) is 12.1 Å². The Bertz CT molecular complexity index is 337. The Hall–Kier alpha value is -1.62. The Labute approximate surface area is 109 Å². The molecule has 0 aliphatic rings. The lowest BCUT2D eigenvalue weighted by Crippen LogP contribution is -2.50. The summed E-state index contributed by atoms with van der Waals surface area (Å²) in [5, 5.41) is 8.06. The van der Waals surface area contributed by atoms with E-state index < -0.39 is 12.1 Å². The van der Waals surface area contributed by atoms with Crippen LogP contribution in [-0.4, -0.2) is 38.0 Å². The molecule has 5 heteroatoms. The maximum Gasteiger partial charge on any atom is 0.242 e. The normalized spacial score (nSPS) is 14.6. The minimum atomic E-state index is -0.564. The third-order valence-electron chi connectivity index (χ3n) is 2.56. The molecular formula is C13H23N3O2. The molecule has 0 heterocycles. The fourth-order valence-corrected chi connectivity index (χ4v) is 1.58. The zero-order valence-electron chi connectivity index (χ0n) is 11.5. The van der Waals surface area contributed by atoms with Crippen molar-refractivity contribution in [2.24, 2.45) is 0 Å². The van der Waals surface area contributed by atoms with Crippen molar-refractivity contribution in [3.05, 3.63) is 24.3 Å². The predicted molar refractivity (Wildman–Crippen MR) is 73.1 cm³/mol. The second kappa shape index (κ2) is 8.47. The summed E-state index contributed by atoms with van der Waals surface area (Å²) >= 11 is 0. The van der Waals surface area contributed by atoms with Crippen LogP contribution in [0.2, 0.25) is 0 Å². The quantitative estimate of drug-likeness (QED) is 0.573. The second-order valence-corrected chi connectivity index (χ2v) is 3.88. The number of carbonyl (C=O) groups excluding carboxylic acids is 2. The third kappa shape index (κ3) is 4.71. The maximum atomic E-state index is 12.0. The largest absolute Gasteiger partial charge is 0.357 e. The Morgan fingerprint density at radius 3 is 2.28 bits per heavy atom. The molecule has 0 fully saturated rings. The van der Waals surface area contributed by atoms with Gasteiger partial charge in [0.2, 0.25) is 11.8 Å².